The van der Waals surface area contributed by atoms with Gasteiger partial charge in [-0.15, -0.1) is 0 Å². The van der Waals surface area contributed by atoms with E-state index < -0.39 is 5.82 Å². The van der Waals surface area contributed by atoms with E-state index in [9.17, 15) is 9.18 Å². The number of halogens is 2. The Balaban J connectivity index is 0.00000160. The number of aromatic amines is 1. The van der Waals surface area contributed by atoms with Gasteiger partial charge in [0.2, 0.25) is 5.91 Å². The van der Waals surface area contributed by atoms with E-state index >= 15 is 0 Å². The Bertz CT molecular complexity index is 1030. The van der Waals surface area contributed by atoms with E-state index in [-0.39, 0.29) is 14.6 Å². The number of amides is 1. The molecule has 1 saturated heterocycles. The largest absolute Gasteiger partial charge is 0.355 e. The maximum absolute atomic E-state index is 14.2. The molecule has 28 heavy (non-hydrogen) atoms. The number of carbonyl (C=O) groups excluding carboxylic acids is 1. The van der Waals surface area contributed by atoms with Gasteiger partial charge in [0.05, 0.1) is 17.9 Å². The first kappa shape index (κ1) is 18.6. The standard InChI is InChI=1S/C18H19ClFN7O.2H2/c1-11(28)27-4-2-26(3-5-27)10-24-18-15(20)9-23-17(25-18)14-8-22-16-13(14)6-12(19)7-21-16;;/h6-9H,2-5,10H2,1H3,(H,21,22)(H,23,24,25);2*1H. The number of piperazine rings is 1. The van der Waals surface area contributed by atoms with E-state index in [4.69, 9.17) is 11.6 Å². The summed E-state index contributed by atoms with van der Waals surface area (Å²) in [5.74, 6) is 0.0542. The Kier molecular flexibility index (Phi) is 5.10. The fraction of sp³-hybridized carbons (Fsp3) is 0.333. The van der Waals surface area contributed by atoms with Crippen molar-refractivity contribution in [2.45, 2.75) is 6.92 Å². The number of hydrogen-bond donors (Lipinski definition) is 2. The molecule has 0 bridgehead atoms. The van der Waals surface area contributed by atoms with Crippen molar-refractivity contribution in [1.82, 2.24) is 29.7 Å². The van der Waals surface area contributed by atoms with E-state index in [0.29, 0.717) is 41.8 Å². The summed E-state index contributed by atoms with van der Waals surface area (Å²) in [5, 5.41) is 4.30. The Morgan fingerprint density at radius 1 is 1.32 bits per heavy atom. The summed E-state index contributed by atoms with van der Waals surface area (Å²) in [7, 11) is 0. The zero-order valence-corrected chi connectivity index (χ0v) is 16.0. The summed E-state index contributed by atoms with van der Waals surface area (Å²) in [5.41, 5.74) is 1.35. The molecule has 0 aromatic carbocycles. The van der Waals surface area contributed by atoms with Gasteiger partial charge in [0.1, 0.15) is 5.65 Å². The number of carbonyl (C=O) groups is 1. The van der Waals surface area contributed by atoms with Gasteiger partial charge in [-0.3, -0.25) is 9.69 Å². The third kappa shape index (κ3) is 3.76. The van der Waals surface area contributed by atoms with Crippen molar-refractivity contribution in [3.63, 3.8) is 0 Å². The first-order chi connectivity index (χ1) is 13.5. The molecule has 0 aliphatic carbocycles. The van der Waals surface area contributed by atoms with E-state index in [1.165, 1.54) is 0 Å². The number of hydrogen-bond acceptors (Lipinski definition) is 6. The van der Waals surface area contributed by atoms with Crippen molar-refractivity contribution in [3.05, 3.63) is 35.5 Å². The van der Waals surface area contributed by atoms with E-state index in [2.05, 4.69) is 30.2 Å². The smallest absolute Gasteiger partial charge is 0.219 e. The number of nitrogens with one attached hydrogen (secondary N) is 2. The molecule has 8 nitrogen and oxygen atoms in total. The number of aromatic nitrogens is 4. The second-order valence-corrected chi connectivity index (χ2v) is 7.04. The van der Waals surface area contributed by atoms with Gasteiger partial charge in [-0.2, -0.15) is 0 Å². The second kappa shape index (κ2) is 7.69. The summed E-state index contributed by atoms with van der Waals surface area (Å²) < 4.78 is 14.2. The van der Waals surface area contributed by atoms with Gasteiger partial charge in [0.15, 0.2) is 17.5 Å². The molecule has 4 rings (SSSR count). The maximum Gasteiger partial charge on any atom is 0.219 e. The topological polar surface area (TPSA) is 90.0 Å². The number of nitrogens with zero attached hydrogens (tertiary/aromatic N) is 5. The lowest BCUT2D eigenvalue weighted by Gasteiger charge is -2.34. The van der Waals surface area contributed by atoms with Crippen LogP contribution in [0.4, 0.5) is 10.2 Å². The summed E-state index contributed by atoms with van der Waals surface area (Å²) in [6.07, 6.45) is 4.43. The zero-order valence-electron chi connectivity index (χ0n) is 15.2. The molecular formula is C18H23ClFN7O. The second-order valence-electron chi connectivity index (χ2n) is 6.60. The van der Waals surface area contributed by atoms with Gasteiger partial charge >= 0.3 is 0 Å². The van der Waals surface area contributed by atoms with Crippen LogP contribution in [0.2, 0.25) is 5.02 Å². The highest BCUT2D eigenvalue weighted by Gasteiger charge is 2.19. The molecule has 10 heteroatoms. The van der Waals surface area contributed by atoms with Crippen LogP contribution in [0.25, 0.3) is 22.4 Å². The van der Waals surface area contributed by atoms with Crippen LogP contribution in [-0.2, 0) is 4.79 Å². The van der Waals surface area contributed by atoms with Gasteiger partial charge in [0, 0.05) is 59.3 Å². The molecule has 1 fully saturated rings. The van der Waals surface area contributed by atoms with Crippen LogP contribution in [0.3, 0.4) is 0 Å². The van der Waals surface area contributed by atoms with Crippen molar-refractivity contribution in [2.75, 3.05) is 38.2 Å². The normalized spacial score (nSPS) is 15.2. The highest BCUT2D eigenvalue weighted by atomic mass is 35.5. The van der Waals surface area contributed by atoms with Gasteiger partial charge < -0.3 is 15.2 Å². The van der Waals surface area contributed by atoms with Gasteiger partial charge in [-0.05, 0) is 6.07 Å². The zero-order chi connectivity index (χ0) is 19.7. The molecule has 0 spiro atoms. The lowest BCUT2D eigenvalue weighted by molar-refractivity contribution is -0.130. The highest BCUT2D eigenvalue weighted by Crippen LogP contribution is 2.28. The number of fused-ring (bicyclic) bond motifs is 1. The van der Waals surface area contributed by atoms with Crippen molar-refractivity contribution >= 4 is 34.4 Å². The molecule has 150 valence electrons. The molecule has 0 unspecified atom stereocenters. The SMILES string of the molecule is CC(=O)N1CCN(CNc2nc(-c3c[nH]c4ncc(Cl)cc34)ncc2F)CC1.[HH].[HH]. The molecule has 0 atom stereocenters. The maximum atomic E-state index is 14.2. The molecule has 4 heterocycles. The number of anilines is 1. The Labute approximate surface area is 168 Å². The lowest BCUT2D eigenvalue weighted by atomic mass is 10.2. The quantitative estimate of drug-likeness (QED) is 0.691. The number of rotatable bonds is 4. The van der Waals surface area contributed by atoms with Crippen LogP contribution in [-0.4, -0.2) is 68.5 Å². The highest BCUT2D eigenvalue weighted by molar-refractivity contribution is 6.31. The first-order valence-corrected chi connectivity index (χ1v) is 9.26. The van der Waals surface area contributed by atoms with Crippen LogP contribution < -0.4 is 5.32 Å². The molecule has 3 aromatic heterocycles. The molecular weight excluding hydrogens is 385 g/mol. The van der Waals surface area contributed by atoms with Crippen molar-refractivity contribution in [1.29, 1.82) is 0 Å². The molecule has 0 saturated carbocycles. The summed E-state index contributed by atoms with van der Waals surface area (Å²) >= 11 is 6.04. The fourth-order valence-electron chi connectivity index (χ4n) is 3.19. The average Bonchev–Trinajstić information content (AvgIpc) is 3.10. The van der Waals surface area contributed by atoms with E-state index in [1.807, 2.05) is 0 Å². The predicted molar refractivity (Wildman–Crippen MR) is 109 cm³/mol. The first-order valence-electron chi connectivity index (χ1n) is 8.88. The third-order valence-electron chi connectivity index (χ3n) is 4.77. The van der Waals surface area contributed by atoms with Gasteiger partial charge in [0.25, 0.3) is 0 Å². The fourth-order valence-corrected chi connectivity index (χ4v) is 3.35. The minimum atomic E-state index is -0.526. The van der Waals surface area contributed by atoms with E-state index in [0.717, 1.165) is 24.7 Å². The van der Waals surface area contributed by atoms with Gasteiger partial charge in [-0.1, -0.05) is 11.6 Å². The lowest BCUT2D eigenvalue weighted by Crippen LogP contribution is -2.49. The molecule has 1 amide bonds. The molecule has 2 N–H and O–H groups in total. The summed E-state index contributed by atoms with van der Waals surface area (Å²) in [6, 6.07) is 1.77. The molecule has 3 aromatic rings. The molecule has 1 aliphatic rings. The Hall–Kier alpha value is -2.78. The van der Waals surface area contributed by atoms with Crippen LogP contribution in [0.15, 0.2) is 24.7 Å². The van der Waals surface area contributed by atoms with Crippen LogP contribution in [0.5, 0.6) is 0 Å². The number of pyridine rings is 1. The van der Waals surface area contributed by atoms with Crippen LogP contribution >= 0.6 is 11.6 Å². The minimum absolute atomic E-state index is 0. The van der Waals surface area contributed by atoms with Crippen molar-refractivity contribution < 1.29 is 12.0 Å². The summed E-state index contributed by atoms with van der Waals surface area (Å²) in [6.45, 7) is 4.77. The van der Waals surface area contributed by atoms with Crippen molar-refractivity contribution in [3.8, 4) is 11.4 Å². The Morgan fingerprint density at radius 3 is 2.86 bits per heavy atom. The third-order valence-corrected chi connectivity index (χ3v) is 4.98. The minimum Gasteiger partial charge on any atom is -0.355 e. The van der Waals surface area contributed by atoms with Gasteiger partial charge in [-0.25, -0.2) is 19.3 Å². The monoisotopic (exact) mass is 407 g/mol. The van der Waals surface area contributed by atoms with Crippen molar-refractivity contribution in [2.24, 2.45) is 0 Å². The summed E-state index contributed by atoms with van der Waals surface area (Å²) in [4.78, 5) is 31.0. The van der Waals surface area contributed by atoms with Crippen LogP contribution in [0, 0.1) is 5.82 Å². The molecule has 1 aliphatic heterocycles. The average molecular weight is 408 g/mol. The number of H-pyrrole nitrogens is 1. The predicted octanol–water partition coefficient (Wildman–Crippen LogP) is 2.84. The Morgan fingerprint density at radius 2 is 2.11 bits per heavy atom. The van der Waals surface area contributed by atoms with Crippen LogP contribution in [0.1, 0.15) is 9.78 Å². The van der Waals surface area contributed by atoms with E-state index in [1.54, 1.807) is 30.3 Å². The molecule has 0 radical (unpaired) electrons.